The second kappa shape index (κ2) is 6.76. The summed E-state index contributed by atoms with van der Waals surface area (Å²) >= 11 is 0. The smallest absolute Gasteiger partial charge is 0.410 e. The molecule has 1 aromatic rings. The van der Waals surface area contributed by atoms with Crippen LogP contribution in [0.4, 0.5) is 4.79 Å². The molecule has 0 spiro atoms. The minimum atomic E-state index is -0.445. The molecule has 2 heterocycles. The number of ether oxygens (including phenoxy) is 2. The molecule has 26 heavy (non-hydrogen) atoms. The number of rotatable bonds is 2. The summed E-state index contributed by atoms with van der Waals surface area (Å²) in [5.74, 6) is 1.02. The summed E-state index contributed by atoms with van der Waals surface area (Å²) in [7, 11) is 0. The molecule has 2 aliphatic heterocycles. The average Bonchev–Trinajstić information content (AvgIpc) is 2.85. The topological polar surface area (TPSA) is 42.0 Å². The Balaban J connectivity index is 1.59. The highest BCUT2D eigenvalue weighted by molar-refractivity contribution is 5.68. The van der Waals surface area contributed by atoms with E-state index in [0.29, 0.717) is 19.1 Å². The Bertz CT molecular complexity index is 670. The van der Waals surface area contributed by atoms with E-state index in [1.54, 1.807) is 0 Å². The lowest BCUT2D eigenvalue weighted by Gasteiger charge is -2.38. The molecule has 0 saturated carbocycles. The number of fused-ring (bicyclic) bond motifs is 1. The van der Waals surface area contributed by atoms with Gasteiger partial charge < -0.3 is 14.4 Å². The van der Waals surface area contributed by atoms with Gasteiger partial charge in [-0.05, 0) is 58.7 Å². The van der Waals surface area contributed by atoms with Gasteiger partial charge >= 0.3 is 6.09 Å². The van der Waals surface area contributed by atoms with Gasteiger partial charge in [0.25, 0.3) is 0 Å². The third-order valence-electron chi connectivity index (χ3n) is 5.09. The standard InChI is InChI=1S/C21H32N2O3/c1-15(16-7-8-17-14-21(5,6)25-18(17)13-16)22-9-11-23(12-10-22)19(24)26-20(2,3)4/h7-8,13,15H,9-12,14H2,1-6H3. The van der Waals surface area contributed by atoms with E-state index in [2.05, 4.69) is 43.9 Å². The summed E-state index contributed by atoms with van der Waals surface area (Å²) in [5.41, 5.74) is 2.01. The summed E-state index contributed by atoms with van der Waals surface area (Å²) in [6.45, 7) is 15.3. The van der Waals surface area contributed by atoms with Crippen LogP contribution in [0.1, 0.15) is 58.7 Å². The summed E-state index contributed by atoms with van der Waals surface area (Å²) in [5, 5.41) is 0. The molecule has 0 aromatic heterocycles. The van der Waals surface area contributed by atoms with Gasteiger partial charge in [0.2, 0.25) is 0 Å². The molecule has 1 amide bonds. The maximum absolute atomic E-state index is 12.2. The van der Waals surface area contributed by atoms with Crippen LogP contribution in [-0.4, -0.2) is 53.3 Å². The molecule has 0 N–H and O–H groups in total. The SMILES string of the molecule is CC(c1ccc2c(c1)OC(C)(C)C2)N1CCN(C(=O)OC(C)(C)C)CC1. The molecule has 144 valence electrons. The van der Waals surface area contributed by atoms with Crippen molar-refractivity contribution in [1.29, 1.82) is 0 Å². The molecule has 0 bridgehead atoms. The quantitative estimate of drug-likeness (QED) is 0.799. The highest BCUT2D eigenvalue weighted by atomic mass is 16.6. The van der Waals surface area contributed by atoms with E-state index in [1.807, 2.05) is 25.7 Å². The Hall–Kier alpha value is -1.75. The van der Waals surface area contributed by atoms with E-state index in [0.717, 1.165) is 25.3 Å². The van der Waals surface area contributed by atoms with Crippen LogP contribution in [0, 0.1) is 0 Å². The average molecular weight is 360 g/mol. The number of nitrogens with zero attached hydrogens (tertiary/aromatic N) is 2. The van der Waals surface area contributed by atoms with Crippen LogP contribution in [-0.2, 0) is 11.2 Å². The van der Waals surface area contributed by atoms with E-state index < -0.39 is 5.60 Å². The van der Waals surface area contributed by atoms with E-state index in [4.69, 9.17) is 9.47 Å². The first-order valence-electron chi connectivity index (χ1n) is 9.58. The van der Waals surface area contributed by atoms with Gasteiger partial charge in [-0.25, -0.2) is 4.79 Å². The normalized spacial score (nSPS) is 21.1. The molecule has 1 unspecified atom stereocenters. The van der Waals surface area contributed by atoms with Crippen LogP contribution < -0.4 is 4.74 Å². The predicted molar refractivity (Wildman–Crippen MR) is 103 cm³/mol. The zero-order valence-electron chi connectivity index (χ0n) is 17.0. The first-order chi connectivity index (χ1) is 12.0. The molecule has 0 radical (unpaired) electrons. The second-order valence-corrected chi connectivity index (χ2v) is 9.09. The molecule has 0 aliphatic carbocycles. The van der Waals surface area contributed by atoms with Crippen LogP contribution in [0.25, 0.3) is 0 Å². The van der Waals surface area contributed by atoms with Crippen molar-refractivity contribution in [3.8, 4) is 5.75 Å². The Morgan fingerprint density at radius 2 is 1.85 bits per heavy atom. The molecule has 5 nitrogen and oxygen atoms in total. The number of carbonyl (C=O) groups excluding carboxylic acids is 1. The van der Waals surface area contributed by atoms with Crippen LogP contribution >= 0.6 is 0 Å². The van der Waals surface area contributed by atoms with Gasteiger partial charge in [0.15, 0.2) is 0 Å². The molecule has 3 rings (SSSR count). The number of carbonyl (C=O) groups is 1. The summed E-state index contributed by atoms with van der Waals surface area (Å²) in [6.07, 6.45) is 0.754. The van der Waals surface area contributed by atoms with Crippen molar-refractivity contribution in [2.24, 2.45) is 0 Å². The molecule has 1 atom stereocenters. The van der Waals surface area contributed by atoms with Crippen molar-refractivity contribution in [3.63, 3.8) is 0 Å². The lowest BCUT2D eigenvalue weighted by atomic mass is 9.99. The van der Waals surface area contributed by atoms with E-state index >= 15 is 0 Å². The number of hydrogen-bond acceptors (Lipinski definition) is 4. The Morgan fingerprint density at radius 3 is 2.46 bits per heavy atom. The van der Waals surface area contributed by atoms with Crippen LogP contribution in [0.5, 0.6) is 5.75 Å². The molecule has 1 aromatic carbocycles. The van der Waals surface area contributed by atoms with E-state index in [9.17, 15) is 4.79 Å². The zero-order chi connectivity index (χ0) is 19.1. The lowest BCUT2D eigenvalue weighted by Crippen LogP contribution is -2.50. The molecule has 1 saturated heterocycles. The van der Waals surface area contributed by atoms with E-state index in [1.165, 1.54) is 11.1 Å². The fourth-order valence-corrected chi connectivity index (χ4v) is 3.69. The van der Waals surface area contributed by atoms with E-state index in [-0.39, 0.29) is 11.7 Å². The number of benzene rings is 1. The van der Waals surface area contributed by atoms with Crippen molar-refractivity contribution >= 4 is 6.09 Å². The van der Waals surface area contributed by atoms with Gasteiger partial charge in [0.05, 0.1) is 0 Å². The predicted octanol–water partition coefficient (Wildman–Crippen LogP) is 4.01. The Morgan fingerprint density at radius 1 is 1.19 bits per heavy atom. The van der Waals surface area contributed by atoms with Gasteiger partial charge in [-0.3, -0.25) is 4.90 Å². The molecular formula is C21H32N2O3. The monoisotopic (exact) mass is 360 g/mol. The highest BCUT2D eigenvalue weighted by Crippen LogP contribution is 2.37. The second-order valence-electron chi connectivity index (χ2n) is 9.09. The number of piperazine rings is 1. The van der Waals surface area contributed by atoms with Crippen molar-refractivity contribution in [1.82, 2.24) is 9.80 Å². The lowest BCUT2D eigenvalue weighted by molar-refractivity contribution is 0.0110. The van der Waals surface area contributed by atoms with Crippen molar-refractivity contribution in [2.75, 3.05) is 26.2 Å². The van der Waals surface area contributed by atoms with Crippen LogP contribution in [0.3, 0.4) is 0 Å². The summed E-state index contributed by atoms with van der Waals surface area (Å²) in [4.78, 5) is 16.4. The largest absolute Gasteiger partial charge is 0.487 e. The molecule has 2 aliphatic rings. The maximum Gasteiger partial charge on any atom is 0.410 e. The molecule has 1 fully saturated rings. The third-order valence-corrected chi connectivity index (χ3v) is 5.09. The fraction of sp³-hybridized carbons (Fsp3) is 0.667. The minimum absolute atomic E-state index is 0.108. The van der Waals surface area contributed by atoms with Crippen molar-refractivity contribution in [3.05, 3.63) is 29.3 Å². The third kappa shape index (κ3) is 4.32. The van der Waals surface area contributed by atoms with Crippen molar-refractivity contribution in [2.45, 2.75) is 65.2 Å². The minimum Gasteiger partial charge on any atom is -0.487 e. The van der Waals surface area contributed by atoms with Gasteiger partial charge in [0, 0.05) is 38.6 Å². The first kappa shape index (κ1) is 19.0. The fourth-order valence-electron chi connectivity index (χ4n) is 3.69. The number of hydrogen-bond donors (Lipinski definition) is 0. The van der Waals surface area contributed by atoms with Crippen LogP contribution in [0.2, 0.25) is 0 Å². The van der Waals surface area contributed by atoms with Crippen LogP contribution in [0.15, 0.2) is 18.2 Å². The van der Waals surface area contributed by atoms with Gasteiger partial charge in [-0.2, -0.15) is 0 Å². The van der Waals surface area contributed by atoms with Gasteiger partial charge in [0.1, 0.15) is 17.0 Å². The molecular weight excluding hydrogens is 328 g/mol. The highest BCUT2D eigenvalue weighted by Gasteiger charge is 2.32. The summed E-state index contributed by atoms with van der Waals surface area (Å²) < 4.78 is 11.6. The Kier molecular flexibility index (Phi) is 4.95. The number of amides is 1. The Labute approximate surface area is 157 Å². The first-order valence-corrected chi connectivity index (χ1v) is 9.58. The van der Waals surface area contributed by atoms with Crippen molar-refractivity contribution < 1.29 is 14.3 Å². The van der Waals surface area contributed by atoms with Gasteiger partial charge in [-0.1, -0.05) is 12.1 Å². The summed E-state index contributed by atoms with van der Waals surface area (Å²) in [6, 6.07) is 6.91. The zero-order valence-corrected chi connectivity index (χ0v) is 17.0. The van der Waals surface area contributed by atoms with Gasteiger partial charge in [-0.15, -0.1) is 0 Å². The molecule has 5 heteroatoms. The maximum atomic E-state index is 12.2.